The van der Waals surface area contributed by atoms with Crippen molar-refractivity contribution in [3.63, 3.8) is 0 Å². The van der Waals surface area contributed by atoms with Crippen molar-refractivity contribution in [1.82, 2.24) is 15.1 Å². The minimum atomic E-state index is 0.662. The van der Waals surface area contributed by atoms with Crippen LogP contribution in [0.2, 0.25) is 0 Å². The van der Waals surface area contributed by atoms with Crippen molar-refractivity contribution < 1.29 is 0 Å². The van der Waals surface area contributed by atoms with E-state index in [4.69, 9.17) is 0 Å². The molecular weight excluding hydrogens is 186 g/mol. The molecule has 2 rings (SSSR count). The molecule has 0 spiro atoms. The van der Waals surface area contributed by atoms with Gasteiger partial charge in [0.05, 0.1) is 5.69 Å². The van der Waals surface area contributed by atoms with Gasteiger partial charge in [-0.1, -0.05) is 6.92 Å². The van der Waals surface area contributed by atoms with Gasteiger partial charge in [-0.25, -0.2) is 0 Å². The maximum Gasteiger partial charge on any atom is 0.0522 e. The van der Waals surface area contributed by atoms with E-state index in [0.29, 0.717) is 6.04 Å². The molecule has 1 aromatic heterocycles. The second-order valence-electron chi connectivity index (χ2n) is 4.55. The average Bonchev–Trinajstić information content (AvgIpc) is 2.99. The minimum Gasteiger partial charge on any atom is -0.308 e. The van der Waals surface area contributed by atoms with Gasteiger partial charge < -0.3 is 5.32 Å². The molecule has 0 aromatic carbocycles. The molecule has 3 nitrogen and oxygen atoms in total. The van der Waals surface area contributed by atoms with Crippen LogP contribution in [-0.4, -0.2) is 15.8 Å². The molecule has 0 radical (unpaired) electrons. The van der Waals surface area contributed by atoms with Gasteiger partial charge in [-0.15, -0.1) is 0 Å². The number of aryl methyl sites for hydroxylation is 1. The van der Waals surface area contributed by atoms with Gasteiger partial charge in [0.25, 0.3) is 0 Å². The van der Waals surface area contributed by atoms with Crippen LogP contribution in [-0.2, 0) is 13.1 Å². The van der Waals surface area contributed by atoms with Crippen molar-refractivity contribution in [2.75, 3.05) is 0 Å². The maximum absolute atomic E-state index is 4.32. The van der Waals surface area contributed by atoms with E-state index in [1.807, 2.05) is 6.20 Å². The predicted molar refractivity (Wildman–Crippen MR) is 61.5 cm³/mol. The molecule has 0 saturated heterocycles. The molecule has 1 heterocycles. The fourth-order valence-corrected chi connectivity index (χ4v) is 1.95. The van der Waals surface area contributed by atoms with E-state index in [-0.39, 0.29) is 0 Å². The molecule has 1 aliphatic rings. The molecular formula is C12H21N3. The summed E-state index contributed by atoms with van der Waals surface area (Å²) in [6.45, 7) is 6.46. The van der Waals surface area contributed by atoms with Crippen LogP contribution in [0.5, 0.6) is 0 Å². The van der Waals surface area contributed by atoms with Crippen LogP contribution < -0.4 is 5.32 Å². The number of aromatic nitrogens is 2. The first kappa shape index (κ1) is 10.7. The highest BCUT2D eigenvalue weighted by atomic mass is 15.3. The number of rotatable bonds is 6. The normalized spacial score (nSPS) is 18.0. The minimum absolute atomic E-state index is 0.662. The summed E-state index contributed by atoms with van der Waals surface area (Å²) in [6, 6.07) is 2.78. The Morgan fingerprint density at radius 2 is 2.40 bits per heavy atom. The Labute approximate surface area is 91.9 Å². The van der Waals surface area contributed by atoms with Crippen molar-refractivity contribution in [1.29, 1.82) is 0 Å². The summed E-state index contributed by atoms with van der Waals surface area (Å²) in [6.07, 6.45) is 5.85. The Hall–Kier alpha value is -0.830. The number of hydrogen-bond donors (Lipinski definition) is 1. The first-order valence-electron chi connectivity index (χ1n) is 6.05. The highest BCUT2D eigenvalue weighted by Crippen LogP contribution is 2.32. The third-order valence-electron chi connectivity index (χ3n) is 3.17. The highest BCUT2D eigenvalue weighted by Gasteiger charge is 2.27. The maximum atomic E-state index is 4.32. The second kappa shape index (κ2) is 4.79. The van der Waals surface area contributed by atoms with Gasteiger partial charge in [0.2, 0.25) is 0 Å². The number of nitrogens with one attached hydrogen (secondary N) is 1. The summed E-state index contributed by atoms with van der Waals surface area (Å²) >= 11 is 0. The van der Waals surface area contributed by atoms with E-state index in [0.717, 1.165) is 25.4 Å². The standard InChI is InChI=1S/C12H21N3/c1-3-8-15-12(6-7-14-15)9-13-10(2)11-4-5-11/h6-7,10-11,13H,3-5,8-9H2,1-2H3. The van der Waals surface area contributed by atoms with E-state index in [1.165, 1.54) is 18.5 Å². The van der Waals surface area contributed by atoms with Gasteiger partial charge in [0.1, 0.15) is 0 Å². The molecule has 1 unspecified atom stereocenters. The molecule has 1 fully saturated rings. The first-order valence-corrected chi connectivity index (χ1v) is 6.05. The lowest BCUT2D eigenvalue weighted by Gasteiger charge is -2.13. The molecule has 1 saturated carbocycles. The van der Waals surface area contributed by atoms with E-state index in [1.54, 1.807) is 0 Å². The van der Waals surface area contributed by atoms with Crippen LogP contribution >= 0.6 is 0 Å². The highest BCUT2D eigenvalue weighted by molar-refractivity contribution is 5.00. The summed E-state index contributed by atoms with van der Waals surface area (Å²) in [5, 5.41) is 7.91. The van der Waals surface area contributed by atoms with Crippen molar-refractivity contribution in [2.45, 2.75) is 52.2 Å². The van der Waals surface area contributed by atoms with E-state index < -0.39 is 0 Å². The Balaban J connectivity index is 1.83. The van der Waals surface area contributed by atoms with Crippen molar-refractivity contribution in [2.24, 2.45) is 5.92 Å². The van der Waals surface area contributed by atoms with Gasteiger partial charge in [-0.3, -0.25) is 4.68 Å². The Kier molecular flexibility index (Phi) is 3.41. The van der Waals surface area contributed by atoms with Crippen LogP contribution in [0.15, 0.2) is 12.3 Å². The summed E-state index contributed by atoms with van der Waals surface area (Å²) < 4.78 is 2.10. The van der Waals surface area contributed by atoms with Crippen molar-refractivity contribution >= 4 is 0 Å². The first-order chi connectivity index (χ1) is 7.31. The molecule has 1 aromatic rings. The topological polar surface area (TPSA) is 29.9 Å². The van der Waals surface area contributed by atoms with Crippen LogP contribution in [0.4, 0.5) is 0 Å². The quantitative estimate of drug-likeness (QED) is 0.775. The third-order valence-corrected chi connectivity index (χ3v) is 3.17. The molecule has 3 heteroatoms. The van der Waals surface area contributed by atoms with Crippen LogP contribution in [0.3, 0.4) is 0 Å². The van der Waals surface area contributed by atoms with E-state index in [2.05, 4.69) is 35.0 Å². The molecule has 1 N–H and O–H groups in total. The van der Waals surface area contributed by atoms with Crippen molar-refractivity contribution in [3.05, 3.63) is 18.0 Å². The van der Waals surface area contributed by atoms with E-state index >= 15 is 0 Å². The fourth-order valence-electron chi connectivity index (χ4n) is 1.95. The zero-order valence-electron chi connectivity index (χ0n) is 9.74. The average molecular weight is 207 g/mol. The molecule has 1 atom stereocenters. The largest absolute Gasteiger partial charge is 0.308 e. The SMILES string of the molecule is CCCn1nccc1CNC(C)C1CC1. The van der Waals surface area contributed by atoms with Gasteiger partial charge in [0.15, 0.2) is 0 Å². The Bertz CT molecular complexity index is 302. The van der Waals surface area contributed by atoms with Gasteiger partial charge in [-0.2, -0.15) is 5.10 Å². The third kappa shape index (κ3) is 2.81. The van der Waals surface area contributed by atoms with Crippen LogP contribution in [0.1, 0.15) is 38.8 Å². The van der Waals surface area contributed by atoms with Crippen molar-refractivity contribution in [3.8, 4) is 0 Å². The number of hydrogen-bond acceptors (Lipinski definition) is 2. The zero-order valence-corrected chi connectivity index (χ0v) is 9.74. The van der Waals surface area contributed by atoms with Crippen LogP contribution in [0.25, 0.3) is 0 Å². The molecule has 0 amide bonds. The Morgan fingerprint density at radius 1 is 1.60 bits per heavy atom. The predicted octanol–water partition coefficient (Wildman–Crippen LogP) is 2.18. The summed E-state index contributed by atoms with van der Waals surface area (Å²) in [4.78, 5) is 0. The summed E-state index contributed by atoms with van der Waals surface area (Å²) in [5.74, 6) is 0.924. The van der Waals surface area contributed by atoms with Gasteiger partial charge >= 0.3 is 0 Å². The zero-order chi connectivity index (χ0) is 10.7. The van der Waals surface area contributed by atoms with Gasteiger partial charge in [0, 0.05) is 25.3 Å². The Morgan fingerprint density at radius 3 is 3.07 bits per heavy atom. The lowest BCUT2D eigenvalue weighted by molar-refractivity contribution is 0.472. The fraction of sp³-hybridized carbons (Fsp3) is 0.750. The molecule has 84 valence electrons. The summed E-state index contributed by atoms with van der Waals surface area (Å²) in [5.41, 5.74) is 1.31. The lowest BCUT2D eigenvalue weighted by atomic mass is 10.2. The summed E-state index contributed by atoms with van der Waals surface area (Å²) in [7, 11) is 0. The molecule has 1 aliphatic carbocycles. The monoisotopic (exact) mass is 207 g/mol. The number of nitrogens with zero attached hydrogens (tertiary/aromatic N) is 2. The smallest absolute Gasteiger partial charge is 0.0522 e. The van der Waals surface area contributed by atoms with Gasteiger partial charge in [-0.05, 0) is 38.2 Å². The lowest BCUT2D eigenvalue weighted by Crippen LogP contribution is -2.28. The van der Waals surface area contributed by atoms with E-state index in [9.17, 15) is 0 Å². The second-order valence-corrected chi connectivity index (χ2v) is 4.55. The molecule has 0 bridgehead atoms. The van der Waals surface area contributed by atoms with Crippen LogP contribution in [0, 0.1) is 5.92 Å². The molecule has 0 aliphatic heterocycles. The molecule has 15 heavy (non-hydrogen) atoms.